The van der Waals surface area contributed by atoms with Crippen molar-refractivity contribution in [2.75, 3.05) is 26.2 Å². The molecule has 1 unspecified atom stereocenters. The van der Waals surface area contributed by atoms with Gasteiger partial charge in [0.15, 0.2) is 0 Å². The number of aryl methyl sites for hydroxylation is 2. The molecule has 0 saturated carbocycles. The second-order valence-corrected chi connectivity index (χ2v) is 6.46. The van der Waals surface area contributed by atoms with Crippen molar-refractivity contribution >= 4 is 0 Å². The van der Waals surface area contributed by atoms with Gasteiger partial charge in [0.2, 0.25) is 0 Å². The summed E-state index contributed by atoms with van der Waals surface area (Å²) < 4.78 is 0. The SMILES string of the molecule is CC(NCCCN1CCCC1)c1ccc2c(c1)CCC2. The van der Waals surface area contributed by atoms with Gasteiger partial charge in [-0.05, 0) is 88.3 Å². The normalized spacial score (nSPS) is 20.2. The topological polar surface area (TPSA) is 15.3 Å². The zero-order valence-corrected chi connectivity index (χ0v) is 12.8. The van der Waals surface area contributed by atoms with Crippen molar-refractivity contribution in [3.63, 3.8) is 0 Å². The minimum Gasteiger partial charge on any atom is -0.310 e. The van der Waals surface area contributed by atoms with Gasteiger partial charge in [0.25, 0.3) is 0 Å². The standard InChI is InChI=1S/C18H28N2/c1-15(19-10-5-13-20-11-2-3-12-20)17-9-8-16-6-4-7-18(16)14-17/h8-9,14-15,19H,2-7,10-13H2,1H3. The van der Waals surface area contributed by atoms with E-state index in [1.165, 1.54) is 63.7 Å². The Morgan fingerprint density at radius 2 is 1.90 bits per heavy atom. The lowest BCUT2D eigenvalue weighted by atomic mass is 10.0. The monoisotopic (exact) mass is 272 g/mol. The van der Waals surface area contributed by atoms with Crippen LogP contribution < -0.4 is 5.32 Å². The van der Waals surface area contributed by atoms with E-state index in [9.17, 15) is 0 Å². The molecule has 20 heavy (non-hydrogen) atoms. The maximum Gasteiger partial charge on any atom is 0.0291 e. The second kappa shape index (κ2) is 6.73. The van der Waals surface area contributed by atoms with E-state index in [0.717, 1.165) is 6.54 Å². The first-order chi connectivity index (χ1) is 9.83. The zero-order chi connectivity index (χ0) is 13.8. The fourth-order valence-corrected chi connectivity index (χ4v) is 3.61. The average Bonchev–Trinajstić information content (AvgIpc) is 3.13. The van der Waals surface area contributed by atoms with Crippen molar-refractivity contribution in [1.29, 1.82) is 0 Å². The number of hydrogen-bond donors (Lipinski definition) is 1. The molecule has 2 nitrogen and oxygen atoms in total. The van der Waals surface area contributed by atoms with Gasteiger partial charge in [-0.25, -0.2) is 0 Å². The van der Waals surface area contributed by atoms with E-state index in [1.807, 2.05) is 0 Å². The largest absolute Gasteiger partial charge is 0.310 e. The molecule has 3 rings (SSSR count). The van der Waals surface area contributed by atoms with E-state index in [1.54, 1.807) is 11.1 Å². The second-order valence-electron chi connectivity index (χ2n) is 6.46. The third-order valence-electron chi connectivity index (χ3n) is 4.92. The molecular weight excluding hydrogens is 244 g/mol. The molecule has 0 bridgehead atoms. The van der Waals surface area contributed by atoms with Gasteiger partial charge in [-0.15, -0.1) is 0 Å². The predicted octanol–water partition coefficient (Wildman–Crippen LogP) is 3.31. The molecule has 0 spiro atoms. The Morgan fingerprint density at radius 3 is 2.75 bits per heavy atom. The Kier molecular flexibility index (Phi) is 4.74. The van der Waals surface area contributed by atoms with E-state index in [2.05, 4.69) is 35.3 Å². The summed E-state index contributed by atoms with van der Waals surface area (Å²) in [5, 5.41) is 3.69. The molecule has 1 aliphatic heterocycles. The number of hydrogen-bond acceptors (Lipinski definition) is 2. The Labute approximate surface area is 123 Å². The van der Waals surface area contributed by atoms with Crippen LogP contribution in [0.25, 0.3) is 0 Å². The van der Waals surface area contributed by atoms with Crippen molar-refractivity contribution < 1.29 is 0 Å². The summed E-state index contributed by atoms with van der Waals surface area (Å²) in [6, 6.07) is 7.59. The highest BCUT2D eigenvalue weighted by Crippen LogP contribution is 2.25. The lowest BCUT2D eigenvalue weighted by Crippen LogP contribution is -2.26. The highest BCUT2D eigenvalue weighted by atomic mass is 15.1. The minimum atomic E-state index is 0.486. The summed E-state index contributed by atoms with van der Waals surface area (Å²) in [7, 11) is 0. The minimum absolute atomic E-state index is 0.486. The summed E-state index contributed by atoms with van der Waals surface area (Å²) in [6.45, 7) is 7.34. The van der Waals surface area contributed by atoms with Gasteiger partial charge in [0.1, 0.15) is 0 Å². The Morgan fingerprint density at radius 1 is 1.10 bits per heavy atom. The summed E-state index contributed by atoms with van der Waals surface area (Å²) >= 11 is 0. The van der Waals surface area contributed by atoms with Crippen LogP contribution in [0.3, 0.4) is 0 Å². The van der Waals surface area contributed by atoms with Crippen LogP contribution in [-0.4, -0.2) is 31.1 Å². The maximum atomic E-state index is 3.69. The quantitative estimate of drug-likeness (QED) is 0.799. The number of nitrogens with zero attached hydrogens (tertiary/aromatic N) is 1. The fourth-order valence-electron chi connectivity index (χ4n) is 3.61. The molecule has 110 valence electrons. The van der Waals surface area contributed by atoms with Gasteiger partial charge in [-0.1, -0.05) is 18.2 Å². The molecule has 0 aromatic heterocycles. The summed E-state index contributed by atoms with van der Waals surface area (Å²) in [4.78, 5) is 2.60. The summed E-state index contributed by atoms with van der Waals surface area (Å²) in [5.74, 6) is 0. The maximum absolute atomic E-state index is 3.69. The van der Waals surface area contributed by atoms with Crippen molar-refractivity contribution in [3.05, 3.63) is 34.9 Å². The van der Waals surface area contributed by atoms with E-state index in [4.69, 9.17) is 0 Å². The molecule has 1 aromatic rings. The molecule has 1 heterocycles. The molecule has 1 atom stereocenters. The van der Waals surface area contributed by atoms with E-state index < -0.39 is 0 Å². The van der Waals surface area contributed by atoms with Gasteiger partial charge in [-0.3, -0.25) is 0 Å². The van der Waals surface area contributed by atoms with Gasteiger partial charge in [0.05, 0.1) is 0 Å². The third kappa shape index (κ3) is 3.42. The molecule has 2 aliphatic rings. The molecular formula is C18H28N2. The Balaban J connectivity index is 1.43. The van der Waals surface area contributed by atoms with Crippen molar-refractivity contribution in [3.8, 4) is 0 Å². The lowest BCUT2D eigenvalue weighted by Gasteiger charge is -2.18. The Bertz CT molecular complexity index is 435. The molecule has 1 N–H and O–H groups in total. The fraction of sp³-hybridized carbons (Fsp3) is 0.667. The molecule has 1 aromatic carbocycles. The van der Waals surface area contributed by atoms with Crippen LogP contribution in [0.1, 0.15) is 55.3 Å². The average molecular weight is 272 g/mol. The van der Waals surface area contributed by atoms with Crippen molar-refractivity contribution in [2.45, 2.75) is 51.5 Å². The number of rotatable bonds is 6. The van der Waals surface area contributed by atoms with Crippen LogP contribution in [0.4, 0.5) is 0 Å². The van der Waals surface area contributed by atoms with E-state index in [-0.39, 0.29) is 0 Å². The highest BCUT2D eigenvalue weighted by molar-refractivity contribution is 5.36. The van der Waals surface area contributed by atoms with Crippen LogP contribution in [0.15, 0.2) is 18.2 Å². The van der Waals surface area contributed by atoms with E-state index in [0.29, 0.717) is 6.04 Å². The number of nitrogens with one attached hydrogen (secondary N) is 1. The van der Waals surface area contributed by atoms with Gasteiger partial charge < -0.3 is 10.2 Å². The van der Waals surface area contributed by atoms with Crippen LogP contribution in [0.5, 0.6) is 0 Å². The molecule has 1 aliphatic carbocycles. The third-order valence-corrected chi connectivity index (χ3v) is 4.92. The molecule has 0 amide bonds. The van der Waals surface area contributed by atoms with Gasteiger partial charge in [0, 0.05) is 6.04 Å². The highest BCUT2D eigenvalue weighted by Gasteiger charge is 2.14. The van der Waals surface area contributed by atoms with Gasteiger partial charge in [-0.2, -0.15) is 0 Å². The first-order valence-corrected chi connectivity index (χ1v) is 8.40. The Hall–Kier alpha value is -0.860. The van der Waals surface area contributed by atoms with Crippen molar-refractivity contribution in [2.24, 2.45) is 0 Å². The van der Waals surface area contributed by atoms with Crippen LogP contribution >= 0.6 is 0 Å². The number of likely N-dealkylation sites (tertiary alicyclic amines) is 1. The van der Waals surface area contributed by atoms with E-state index >= 15 is 0 Å². The lowest BCUT2D eigenvalue weighted by molar-refractivity contribution is 0.328. The number of benzene rings is 1. The molecule has 0 radical (unpaired) electrons. The smallest absolute Gasteiger partial charge is 0.0291 e. The summed E-state index contributed by atoms with van der Waals surface area (Å²) in [6.07, 6.45) is 7.99. The zero-order valence-electron chi connectivity index (χ0n) is 12.8. The van der Waals surface area contributed by atoms with Crippen molar-refractivity contribution in [1.82, 2.24) is 10.2 Å². The van der Waals surface area contributed by atoms with Crippen LogP contribution in [-0.2, 0) is 12.8 Å². The van der Waals surface area contributed by atoms with Crippen LogP contribution in [0.2, 0.25) is 0 Å². The predicted molar refractivity (Wildman–Crippen MR) is 85.2 cm³/mol. The van der Waals surface area contributed by atoms with Gasteiger partial charge >= 0.3 is 0 Å². The first-order valence-electron chi connectivity index (χ1n) is 8.40. The summed E-state index contributed by atoms with van der Waals surface area (Å²) in [5.41, 5.74) is 4.63. The number of fused-ring (bicyclic) bond motifs is 1. The molecule has 2 heteroatoms. The van der Waals surface area contributed by atoms with Crippen LogP contribution in [0, 0.1) is 0 Å². The molecule has 1 saturated heterocycles. The molecule has 1 fully saturated rings. The first kappa shape index (κ1) is 14.1.